The van der Waals surface area contributed by atoms with E-state index in [2.05, 4.69) is 5.32 Å². The first-order valence-corrected chi connectivity index (χ1v) is 6.20. The Hall–Kier alpha value is -2.62. The number of aryl methyl sites for hydroxylation is 2. The van der Waals surface area contributed by atoms with Gasteiger partial charge in [-0.25, -0.2) is 4.79 Å². The van der Waals surface area contributed by atoms with Crippen LogP contribution < -0.4 is 5.32 Å². The molecule has 0 bridgehead atoms. The van der Waals surface area contributed by atoms with Crippen LogP contribution in [0.4, 0.5) is 5.69 Å². The summed E-state index contributed by atoms with van der Waals surface area (Å²) in [5, 5.41) is 11.9. The Bertz CT molecular complexity index is 677. The van der Waals surface area contributed by atoms with Gasteiger partial charge in [-0.15, -0.1) is 0 Å². The molecule has 0 aromatic heterocycles. The third-order valence-corrected chi connectivity index (χ3v) is 3.12. The number of carbonyl (C=O) groups excluding carboxylic acids is 1. The number of aromatic carboxylic acids is 1. The Morgan fingerprint density at radius 2 is 1.60 bits per heavy atom. The molecule has 0 atom stereocenters. The van der Waals surface area contributed by atoms with Crippen molar-refractivity contribution in [1.29, 1.82) is 0 Å². The molecule has 0 aliphatic carbocycles. The highest BCUT2D eigenvalue weighted by molar-refractivity contribution is 6.08. The number of hydrogen-bond acceptors (Lipinski definition) is 2. The summed E-state index contributed by atoms with van der Waals surface area (Å²) in [5.74, 6) is -1.36. The van der Waals surface area contributed by atoms with Gasteiger partial charge >= 0.3 is 5.97 Å². The van der Waals surface area contributed by atoms with Crippen LogP contribution in [0, 0.1) is 13.8 Å². The first kappa shape index (κ1) is 13.8. The van der Waals surface area contributed by atoms with E-state index in [1.807, 2.05) is 19.1 Å². The molecule has 0 fully saturated rings. The number of benzene rings is 2. The number of carboxylic acid groups (broad SMARTS) is 1. The SMILES string of the molecule is Cc1ccccc1C(=O)Nc1cccc(C)c1C(=O)O. The smallest absolute Gasteiger partial charge is 0.338 e. The van der Waals surface area contributed by atoms with Gasteiger partial charge < -0.3 is 10.4 Å². The van der Waals surface area contributed by atoms with E-state index < -0.39 is 5.97 Å². The van der Waals surface area contributed by atoms with Gasteiger partial charge in [-0.3, -0.25) is 4.79 Å². The first-order valence-electron chi connectivity index (χ1n) is 6.20. The van der Waals surface area contributed by atoms with Crippen molar-refractivity contribution in [1.82, 2.24) is 0 Å². The average molecular weight is 269 g/mol. The monoisotopic (exact) mass is 269 g/mol. The molecule has 2 aromatic rings. The molecule has 0 saturated carbocycles. The highest BCUT2D eigenvalue weighted by atomic mass is 16.4. The summed E-state index contributed by atoms with van der Waals surface area (Å²) < 4.78 is 0. The van der Waals surface area contributed by atoms with Crippen molar-refractivity contribution in [3.8, 4) is 0 Å². The van der Waals surface area contributed by atoms with Gasteiger partial charge in [0.15, 0.2) is 0 Å². The van der Waals surface area contributed by atoms with E-state index in [-0.39, 0.29) is 11.5 Å². The maximum atomic E-state index is 12.2. The van der Waals surface area contributed by atoms with Crippen LogP contribution >= 0.6 is 0 Å². The van der Waals surface area contributed by atoms with Gasteiger partial charge in [0.1, 0.15) is 0 Å². The maximum Gasteiger partial charge on any atom is 0.338 e. The predicted octanol–water partition coefficient (Wildman–Crippen LogP) is 3.25. The molecule has 2 aromatic carbocycles. The van der Waals surface area contributed by atoms with Gasteiger partial charge in [0.05, 0.1) is 11.3 Å². The van der Waals surface area contributed by atoms with Gasteiger partial charge in [-0.05, 0) is 37.1 Å². The van der Waals surface area contributed by atoms with Crippen LogP contribution in [0.1, 0.15) is 31.8 Å². The second-order valence-corrected chi connectivity index (χ2v) is 4.57. The van der Waals surface area contributed by atoms with Crippen LogP contribution in [0.3, 0.4) is 0 Å². The fourth-order valence-corrected chi connectivity index (χ4v) is 2.07. The van der Waals surface area contributed by atoms with Gasteiger partial charge in [-0.2, -0.15) is 0 Å². The van der Waals surface area contributed by atoms with E-state index in [4.69, 9.17) is 0 Å². The van der Waals surface area contributed by atoms with Gasteiger partial charge in [-0.1, -0.05) is 30.3 Å². The van der Waals surface area contributed by atoms with Gasteiger partial charge in [0.25, 0.3) is 5.91 Å². The van der Waals surface area contributed by atoms with Crippen molar-refractivity contribution in [2.24, 2.45) is 0 Å². The second-order valence-electron chi connectivity index (χ2n) is 4.57. The molecule has 0 radical (unpaired) electrons. The lowest BCUT2D eigenvalue weighted by atomic mass is 10.1. The highest BCUT2D eigenvalue weighted by Crippen LogP contribution is 2.21. The minimum atomic E-state index is -1.05. The van der Waals surface area contributed by atoms with Crippen molar-refractivity contribution < 1.29 is 14.7 Å². The molecule has 0 spiro atoms. The lowest BCUT2D eigenvalue weighted by Gasteiger charge is -2.11. The fraction of sp³-hybridized carbons (Fsp3) is 0.125. The molecule has 2 N–H and O–H groups in total. The Balaban J connectivity index is 2.36. The highest BCUT2D eigenvalue weighted by Gasteiger charge is 2.16. The number of amides is 1. The quantitative estimate of drug-likeness (QED) is 0.898. The fourth-order valence-electron chi connectivity index (χ4n) is 2.07. The molecular formula is C16H15NO3. The van der Waals surface area contributed by atoms with Crippen molar-refractivity contribution in [3.63, 3.8) is 0 Å². The molecule has 1 amide bonds. The summed E-state index contributed by atoms with van der Waals surface area (Å²) in [6.07, 6.45) is 0. The lowest BCUT2D eigenvalue weighted by molar-refractivity contribution is 0.0697. The van der Waals surface area contributed by atoms with Crippen molar-refractivity contribution >= 4 is 17.6 Å². The zero-order chi connectivity index (χ0) is 14.7. The number of nitrogens with one attached hydrogen (secondary N) is 1. The molecule has 0 unspecified atom stereocenters. The summed E-state index contributed by atoms with van der Waals surface area (Å²) >= 11 is 0. The van der Waals surface area contributed by atoms with Gasteiger partial charge in [0, 0.05) is 5.56 Å². The van der Waals surface area contributed by atoms with Crippen LogP contribution in [0.25, 0.3) is 0 Å². The summed E-state index contributed by atoms with van der Waals surface area (Å²) in [5.41, 5.74) is 2.42. The van der Waals surface area contributed by atoms with E-state index in [9.17, 15) is 14.7 Å². The molecule has 20 heavy (non-hydrogen) atoms. The molecule has 0 heterocycles. The molecule has 4 nitrogen and oxygen atoms in total. The van der Waals surface area contributed by atoms with E-state index in [1.165, 1.54) is 0 Å². The molecule has 2 rings (SSSR count). The van der Waals surface area contributed by atoms with Crippen molar-refractivity contribution in [3.05, 3.63) is 64.7 Å². The van der Waals surface area contributed by atoms with Gasteiger partial charge in [0.2, 0.25) is 0 Å². The zero-order valence-electron chi connectivity index (χ0n) is 11.3. The number of rotatable bonds is 3. The van der Waals surface area contributed by atoms with Crippen LogP contribution in [0.15, 0.2) is 42.5 Å². The zero-order valence-corrected chi connectivity index (χ0v) is 11.3. The minimum Gasteiger partial charge on any atom is -0.478 e. The molecule has 0 saturated heterocycles. The van der Waals surface area contributed by atoms with Crippen molar-refractivity contribution in [2.75, 3.05) is 5.32 Å². The Morgan fingerprint density at radius 1 is 0.950 bits per heavy atom. The Kier molecular flexibility index (Phi) is 3.84. The standard InChI is InChI=1S/C16H15NO3/c1-10-6-3-4-8-12(10)15(18)17-13-9-5-7-11(2)14(13)16(19)20/h3-9H,1-2H3,(H,17,18)(H,19,20). The van der Waals surface area contributed by atoms with E-state index in [1.54, 1.807) is 37.3 Å². The van der Waals surface area contributed by atoms with E-state index in [0.29, 0.717) is 16.8 Å². The van der Waals surface area contributed by atoms with Crippen LogP contribution in [-0.4, -0.2) is 17.0 Å². The van der Waals surface area contributed by atoms with Crippen LogP contribution in [0.5, 0.6) is 0 Å². The Labute approximate surface area is 117 Å². The van der Waals surface area contributed by atoms with Crippen LogP contribution in [0.2, 0.25) is 0 Å². The minimum absolute atomic E-state index is 0.120. The lowest BCUT2D eigenvalue weighted by Crippen LogP contribution is -2.16. The molecule has 4 heteroatoms. The summed E-state index contributed by atoms with van der Waals surface area (Å²) in [4.78, 5) is 23.5. The number of hydrogen-bond donors (Lipinski definition) is 2. The molecule has 0 aliphatic heterocycles. The normalized spacial score (nSPS) is 10.1. The first-order chi connectivity index (χ1) is 9.50. The topological polar surface area (TPSA) is 66.4 Å². The second kappa shape index (κ2) is 5.57. The summed E-state index contributed by atoms with van der Waals surface area (Å²) in [6.45, 7) is 3.54. The maximum absolute atomic E-state index is 12.2. The molecule has 0 aliphatic rings. The Morgan fingerprint density at radius 3 is 2.25 bits per heavy atom. The average Bonchev–Trinajstić information content (AvgIpc) is 2.38. The van der Waals surface area contributed by atoms with Crippen molar-refractivity contribution in [2.45, 2.75) is 13.8 Å². The summed E-state index contributed by atoms with van der Waals surface area (Å²) in [7, 11) is 0. The molecular weight excluding hydrogens is 254 g/mol. The summed E-state index contributed by atoms with van der Waals surface area (Å²) in [6, 6.07) is 12.2. The molecule has 102 valence electrons. The third-order valence-electron chi connectivity index (χ3n) is 3.12. The number of anilines is 1. The largest absolute Gasteiger partial charge is 0.478 e. The van der Waals surface area contributed by atoms with Crippen LogP contribution in [-0.2, 0) is 0 Å². The number of carboxylic acids is 1. The third kappa shape index (κ3) is 2.69. The van der Waals surface area contributed by atoms with E-state index >= 15 is 0 Å². The van der Waals surface area contributed by atoms with E-state index in [0.717, 1.165) is 5.56 Å². The predicted molar refractivity (Wildman–Crippen MR) is 77.3 cm³/mol. The number of carbonyl (C=O) groups is 2.